The fourth-order valence-corrected chi connectivity index (χ4v) is 7.49. The number of carbonyl (C=O) groups is 1. The van der Waals surface area contributed by atoms with Crippen LogP contribution in [0.1, 0.15) is 75.4 Å². The van der Waals surface area contributed by atoms with Crippen LogP contribution in [0.3, 0.4) is 0 Å². The third-order valence-electron chi connectivity index (χ3n) is 9.61. The van der Waals surface area contributed by atoms with Gasteiger partial charge in [0.2, 0.25) is 0 Å². The number of ether oxygens (including phenoxy) is 4. The van der Waals surface area contributed by atoms with E-state index in [-0.39, 0.29) is 24.1 Å². The van der Waals surface area contributed by atoms with Crippen LogP contribution in [0, 0.1) is 11.8 Å². The molecule has 4 atom stereocenters. The molecule has 2 aromatic heterocycles. The first-order valence-corrected chi connectivity index (χ1v) is 16.6. The fourth-order valence-electron chi connectivity index (χ4n) is 7.49. The largest absolute Gasteiger partial charge is 0.488 e. The Morgan fingerprint density at radius 3 is 2.13 bits per heavy atom. The molecule has 11 heteroatoms. The number of benzene rings is 2. The van der Waals surface area contributed by atoms with Gasteiger partial charge in [-0.05, 0) is 70.3 Å². The molecule has 2 fully saturated rings. The minimum absolute atomic E-state index is 0.197. The molecule has 246 valence electrons. The van der Waals surface area contributed by atoms with Crippen LogP contribution in [-0.2, 0) is 22.7 Å². The highest BCUT2D eigenvalue weighted by atomic mass is 16.6. The lowest BCUT2D eigenvalue weighted by Gasteiger charge is -2.30. The van der Waals surface area contributed by atoms with Gasteiger partial charge in [0.1, 0.15) is 42.0 Å². The molecule has 2 aromatic carbocycles. The van der Waals surface area contributed by atoms with Gasteiger partial charge in [-0.1, -0.05) is 6.92 Å². The number of nitrogens with one attached hydrogen (secondary N) is 3. The summed E-state index contributed by atoms with van der Waals surface area (Å²) in [6, 6.07) is 8.55. The number of aromatic amines is 2. The molecule has 1 amide bonds. The molecule has 2 saturated heterocycles. The number of rotatable bonds is 6. The Morgan fingerprint density at radius 2 is 1.55 bits per heavy atom. The molecule has 0 saturated carbocycles. The minimum atomic E-state index is -0.587. The van der Waals surface area contributed by atoms with Crippen LogP contribution in [0.25, 0.3) is 33.6 Å². The number of methoxy groups -OCH3 is 1. The molecule has 4 aliphatic heterocycles. The molecule has 47 heavy (non-hydrogen) atoms. The van der Waals surface area contributed by atoms with Crippen molar-refractivity contribution in [1.29, 1.82) is 0 Å². The minimum Gasteiger partial charge on any atom is -0.488 e. The first-order chi connectivity index (χ1) is 22.6. The number of hydrogen-bond donors (Lipinski definition) is 3. The van der Waals surface area contributed by atoms with E-state index in [0.29, 0.717) is 32.3 Å². The number of aromatic nitrogens is 4. The molecule has 6 heterocycles. The lowest BCUT2D eigenvalue weighted by atomic mass is 9.87. The summed E-state index contributed by atoms with van der Waals surface area (Å²) in [6.07, 6.45) is 5.24. The summed E-state index contributed by atoms with van der Waals surface area (Å²) in [4.78, 5) is 31.5. The second-order valence-corrected chi connectivity index (χ2v) is 14.5. The highest BCUT2D eigenvalue weighted by Crippen LogP contribution is 2.51. The Morgan fingerprint density at radius 1 is 0.936 bits per heavy atom. The number of H-pyrrole nitrogens is 2. The normalized spacial score (nSPS) is 23.0. The van der Waals surface area contributed by atoms with Crippen molar-refractivity contribution in [2.75, 3.05) is 26.8 Å². The van der Waals surface area contributed by atoms with Crippen molar-refractivity contribution in [1.82, 2.24) is 30.2 Å². The van der Waals surface area contributed by atoms with Gasteiger partial charge in [0, 0.05) is 53.0 Å². The van der Waals surface area contributed by atoms with E-state index >= 15 is 0 Å². The van der Waals surface area contributed by atoms with Gasteiger partial charge in [-0.2, -0.15) is 0 Å². The van der Waals surface area contributed by atoms with E-state index in [4.69, 9.17) is 28.9 Å². The smallest absolute Gasteiger partial charge is 0.410 e. The van der Waals surface area contributed by atoms with Crippen molar-refractivity contribution < 1.29 is 23.7 Å². The maximum Gasteiger partial charge on any atom is 0.410 e. The van der Waals surface area contributed by atoms with E-state index < -0.39 is 5.60 Å². The topological polar surface area (TPSA) is 127 Å². The van der Waals surface area contributed by atoms with Crippen molar-refractivity contribution in [3.63, 3.8) is 0 Å². The molecule has 3 N–H and O–H groups in total. The fraction of sp³-hybridized carbons (Fsp3) is 0.472. The predicted octanol–water partition coefficient (Wildman–Crippen LogP) is 6.53. The van der Waals surface area contributed by atoms with Crippen molar-refractivity contribution >= 4 is 6.09 Å². The van der Waals surface area contributed by atoms with E-state index in [2.05, 4.69) is 46.5 Å². The highest BCUT2D eigenvalue weighted by molar-refractivity contribution is 5.88. The average molecular weight is 639 g/mol. The zero-order chi connectivity index (χ0) is 32.4. The van der Waals surface area contributed by atoms with Gasteiger partial charge in [0.15, 0.2) is 0 Å². The number of nitrogens with zero attached hydrogens (tertiary/aromatic N) is 3. The molecular formula is C36H42N6O5. The third-order valence-corrected chi connectivity index (χ3v) is 9.61. The summed E-state index contributed by atoms with van der Waals surface area (Å²) in [6.45, 7) is 10.9. The second kappa shape index (κ2) is 11.4. The van der Waals surface area contributed by atoms with Crippen LogP contribution in [0.5, 0.6) is 11.5 Å². The SMILES string of the molecule is COCC1CC(c2ncc(-c3cc4c5c(c3)OCc3cc(-c6cnc(C7CC(C)CN7)[nH]6)cc(c3-5)OC4)[nH]2)N(C(=O)OC(C)(C)C)C1. The van der Waals surface area contributed by atoms with Gasteiger partial charge < -0.3 is 34.2 Å². The van der Waals surface area contributed by atoms with E-state index in [1.54, 1.807) is 12.0 Å². The molecule has 8 rings (SSSR count). The molecule has 4 aromatic rings. The zero-order valence-corrected chi connectivity index (χ0v) is 27.6. The standard InChI is InChI=1S/C36H42N6O5/c1-19-6-25(37-12-19)33-38-13-26(40-33)21-8-23-17-46-30-11-22(9-24-18-45-29(10-21)31(23)32(24)30)27-14-39-34(41-27)28-7-20(16-44-5)15-42(28)35(43)47-36(2,3)4/h8-11,13-14,19-20,25,28,37H,6-7,12,15-18H2,1-5H3,(H,38,40)(H,39,41). The summed E-state index contributed by atoms with van der Waals surface area (Å²) in [5, 5.41) is 3.56. The predicted molar refractivity (Wildman–Crippen MR) is 176 cm³/mol. The molecule has 0 spiro atoms. The van der Waals surface area contributed by atoms with Crippen LogP contribution in [-0.4, -0.2) is 63.3 Å². The molecule has 0 radical (unpaired) electrons. The number of hydrogen-bond acceptors (Lipinski definition) is 8. The molecule has 4 aliphatic rings. The maximum atomic E-state index is 13.2. The van der Waals surface area contributed by atoms with E-state index in [0.717, 1.165) is 87.3 Å². The van der Waals surface area contributed by atoms with Crippen LogP contribution in [0.2, 0.25) is 0 Å². The van der Waals surface area contributed by atoms with Crippen molar-refractivity contribution in [3.05, 3.63) is 59.4 Å². The first-order valence-electron chi connectivity index (χ1n) is 16.6. The van der Waals surface area contributed by atoms with Crippen LogP contribution >= 0.6 is 0 Å². The van der Waals surface area contributed by atoms with Crippen LogP contribution < -0.4 is 14.8 Å². The van der Waals surface area contributed by atoms with Gasteiger partial charge in [-0.3, -0.25) is 4.90 Å². The van der Waals surface area contributed by atoms with Gasteiger partial charge in [-0.15, -0.1) is 0 Å². The Balaban J connectivity index is 1.07. The highest BCUT2D eigenvalue weighted by Gasteiger charge is 2.40. The maximum absolute atomic E-state index is 13.2. The van der Waals surface area contributed by atoms with Gasteiger partial charge in [-0.25, -0.2) is 14.8 Å². The Bertz CT molecular complexity index is 1790. The van der Waals surface area contributed by atoms with Crippen molar-refractivity contribution in [2.45, 2.75) is 71.4 Å². The Labute approximate surface area is 274 Å². The molecule has 0 bridgehead atoms. The van der Waals surface area contributed by atoms with Gasteiger partial charge in [0.05, 0.1) is 42.5 Å². The summed E-state index contributed by atoms with van der Waals surface area (Å²) in [5.41, 5.74) is 7.60. The number of likely N-dealkylation sites (tertiary alicyclic amines) is 1. The molecule has 4 unspecified atom stereocenters. The molecule has 0 aliphatic carbocycles. The Hall–Kier alpha value is -4.35. The van der Waals surface area contributed by atoms with E-state index in [9.17, 15) is 4.79 Å². The monoisotopic (exact) mass is 638 g/mol. The first kappa shape index (κ1) is 30.0. The molecule has 11 nitrogen and oxygen atoms in total. The quantitative estimate of drug-likeness (QED) is 0.218. The lowest BCUT2D eigenvalue weighted by Crippen LogP contribution is -2.37. The number of imidazole rings is 2. The zero-order valence-electron chi connectivity index (χ0n) is 27.6. The Kier molecular flexibility index (Phi) is 7.29. The van der Waals surface area contributed by atoms with Crippen LogP contribution in [0.15, 0.2) is 36.7 Å². The van der Waals surface area contributed by atoms with Gasteiger partial charge >= 0.3 is 6.09 Å². The van der Waals surface area contributed by atoms with E-state index in [1.165, 1.54) is 0 Å². The number of carbonyl (C=O) groups excluding carboxylic acids is 1. The summed E-state index contributed by atoms with van der Waals surface area (Å²) >= 11 is 0. The van der Waals surface area contributed by atoms with E-state index in [1.807, 2.05) is 33.2 Å². The van der Waals surface area contributed by atoms with Gasteiger partial charge in [0.25, 0.3) is 0 Å². The second-order valence-electron chi connectivity index (χ2n) is 14.5. The summed E-state index contributed by atoms with van der Waals surface area (Å²) in [7, 11) is 1.69. The lowest BCUT2D eigenvalue weighted by molar-refractivity contribution is 0.0208. The average Bonchev–Trinajstić information content (AvgIpc) is 3.85. The van der Waals surface area contributed by atoms with Crippen LogP contribution in [0.4, 0.5) is 4.79 Å². The summed E-state index contributed by atoms with van der Waals surface area (Å²) < 4.78 is 24.0. The third kappa shape index (κ3) is 5.55. The van der Waals surface area contributed by atoms with Crippen molar-refractivity contribution in [3.8, 4) is 45.1 Å². The molecular weight excluding hydrogens is 596 g/mol. The number of amides is 1. The van der Waals surface area contributed by atoms with Crippen molar-refractivity contribution in [2.24, 2.45) is 11.8 Å². The summed E-state index contributed by atoms with van der Waals surface area (Å²) in [5.74, 6) is 4.25.